The minimum atomic E-state index is 0. The first-order chi connectivity index (χ1) is 10.6. The quantitative estimate of drug-likeness (QED) is 0.412. The first-order valence-electron chi connectivity index (χ1n) is 8.14. The molecule has 130 valence electrons. The van der Waals surface area contributed by atoms with E-state index in [-0.39, 0.29) is 24.0 Å². The number of nitrogens with two attached hydrogens (primary N) is 1. The van der Waals surface area contributed by atoms with Crippen LogP contribution in [0, 0.1) is 0 Å². The number of aliphatic imine (C=N–C) groups is 1. The Hall–Kier alpha value is -1.02. The molecule has 1 unspecified atom stereocenters. The molecule has 0 aromatic heterocycles. The number of hydrogen-bond donors (Lipinski definition) is 2. The lowest BCUT2D eigenvalue weighted by Gasteiger charge is -2.23. The van der Waals surface area contributed by atoms with Gasteiger partial charge in [0.25, 0.3) is 0 Å². The highest BCUT2D eigenvalue weighted by Gasteiger charge is 2.22. The summed E-state index contributed by atoms with van der Waals surface area (Å²) in [6, 6.07) is 8.97. The van der Waals surface area contributed by atoms with E-state index < -0.39 is 0 Å². The molecule has 3 N–H and O–H groups in total. The lowest BCUT2D eigenvalue weighted by molar-refractivity contribution is 0.267. The van der Waals surface area contributed by atoms with Gasteiger partial charge in [0.05, 0.1) is 6.54 Å². The number of anilines is 1. The molecule has 0 aliphatic carbocycles. The fourth-order valence-electron chi connectivity index (χ4n) is 2.93. The van der Waals surface area contributed by atoms with Gasteiger partial charge >= 0.3 is 0 Å². The van der Waals surface area contributed by atoms with Gasteiger partial charge in [-0.3, -0.25) is 4.90 Å². The summed E-state index contributed by atoms with van der Waals surface area (Å²) >= 11 is 0. The van der Waals surface area contributed by atoms with Crippen LogP contribution in [0.4, 0.5) is 5.69 Å². The second-order valence-corrected chi connectivity index (χ2v) is 6.07. The molecule has 6 heteroatoms. The lowest BCUT2D eigenvalue weighted by Crippen LogP contribution is -2.42. The molecule has 0 saturated carbocycles. The number of likely N-dealkylation sites (tertiary alicyclic amines) is 1. The third kappa shape index (κ3) is 6.18. The number of nitrogens with one attached hydrogen (secondary N) is 1. The molecular weight excluding hydrogens is 401 g/mol. The van der Waals surface area contributed by atoms with Crippen LogP contribution in [0.15, 0.2) is 29.3 Å². The zero-order chi connectivity index (χ0) is 15.9. The minimum Gasteiger partial charge on any atom is -0.378 e. The van der Waals surface area contributed by atoms with E-state index in [0.29, 0.717) is 18.5 Å². The van der Waals surface area contributed by atoms with Gasteiger partial charge in [0.2, 0.25) is 0 Å². The van der Waals surface area contributed by atoms with Crippen LogP contribution in [-0.2, 0) is 6.54 Å². The van der Waals surface area contributed by atoms with Gasteiger partial charge in [0.1, 0.15) is 0 Å². The summed E-state index contributed by atoms with van der Waals surface area (Å²) in [6.07, 6.45) is 2.54. The van der Waals surface area contributed by atoms with Crippen molar-refractivity contribution in [2.75, 3.05) is 38.6 Å². The number of rotatable bonds is 6. The van der Waals surface area contributed by atoms with Crippen molar-refractivity contribution in [3.63, 3.8) is 0 Å². The third-order valence-electron chi connectivity index (χ3n) is 4.28. The van der Waals surface area contributed by atoms with Crippen molar-refractivity contribution in [1.29, 1.82) is 0 Å². The van der Waals surface area contributed by atoms with Crippen molar-refractivity contribution in [3.8, 4) is 0 Å². The molecule has 23 heavy (non-hydrogen) atoms. The van der Waals surface area contributed by atoms with Crippen molar-refractivity contribution in [3.05, 3.63) is 29.8 Å². The van der Waals surface area contributed by atoms with Gasteiger partial charge in [-0.05, 0) is 43.6 Å². The monoisotopic (exact) mass is 431 g/mol. The van der Waals surface area contributed by atoms with Gasteiger partial charge in [0, 0.05) is 32.4 Å². The average molecular weight is 431 g/mol. The largest absolute Gasteiger partial charge is 0.378 e. The molecule has 1 aromatic carbocycles. The number of benzene rings is 1. The molecular formula is C17H30IN5. The van der Waals surface area contributed by atoms with Crippen LogP contribution in [-0.4, -0.2) is 50.6 Å². The smallest absolute Gasteiger partial charge is 0.188 e. The van der Waals surface area contributed by atoms with E-state index in [0.717, 1.165) is 13.1 Å². The van der Waals surface area contributed by atoms with Gasteiger partial charge in [-0.2, -0.15) is 0 Å². The standard InChI is InChI=1S/C17H29N5.HI/c1-4-22-10-6-9-16(22)13-20-17(18)19-12-14-7-5-8-15(11-14)21(2)3;/h5,7-8,11,16H,4,6,9-10,12-13H2,1-3H3,(H3,18,19,20);1H. The van der Waals surface area contributed by atoms with Crippen molar-refractivity contribution < 1.29 is 0 Å². The molecule has 1 aliphatic heterocycles. The number of hydrogen-bond acceptors (Lipinski definition) is 3. The summed E-state index contributed by atoms with van der Waals surface area (Å²) in [4.78, 5) is 9.05. The Labute approximate surface area is 157 Å². The predicted octanol–water partition coefficient (Wildman–Crippen LogP) is 2.26. The second-order valence-electron chi connectivity index (χ2n) is 6.07. The Kier molecular flexibility index (Phi) is 8.68. The maximum Gasteiger partial charge on any atom is 0.188 e. The Morgan fingerprint density at radius 2 is 2.22 bits per heavy atom. The fourth-order valence-corrected chi connectivity index (χ4v) is 2.93. The lowest BCUT2D eigenvalue weighted by atomic mass is 10.2. The maximum atomic E-state index is 5.99. The van der Waals surface area contributed by atoms with Crippen molar-refractivity contribution in [2.24, 2.45) is 10.7 Å². The summed E-state index contributed by atoms with van der Waals surface area (Å²) in [6.45, 7) is 6.04. The Bertz CT molecular complexity index is 504. The van der Waals surface area contributed by atoms with Crippen LogP contribution < -0.4 is 16.0 Å². The molecule has 0 radical (unpaired) electrons. The van der Waals surface area contributed by atoms with Gasteiger partial charge in [-0.15, -0.1) is 24.0 Å². The van der Waals surface area contributed by atoms with Crippen LogP contribution in [0.1, 0.15) is 25.3 Å². The highest BCUT2D eigenvalue weighted by atomic mass is 127. The highest BCUT2D eigenvalue weighted by molar-refractivity contribution is 14.0. The van der Waals surface area contributed by atoms with Crippen LogP contribution in [0.3, 0.4) is 0 Å². The van der Waals surface area contributed by atoms with E-state index in [9.17, 15) is 0 Å². The van der Waals surface area contributed by atoms with Gasteiger partial charge in [-0.1, -0.05) is 19.1 Å². The Balaban J connectivity index is 0.00000264. The topological polar surface area (TPSA) is 56.9 Å². The van der Waals surface area contributed by atoms with E-state index in [1.54, 1.807) is 0 Å². The van der Waals surface area contributed by atoms with Crippen LogP contribution in [0.25, 0.3) is 0 Å². The highest BCUT2D eigenvalue weighted by Crippen LogP contribution is 2.16. The van der Waals surface area contributed by atoms with E-state index in [1.165, 1.54) is 30.6 Å². The summed E-state index contributed by atoms with van der Waals surface area (Å²) in [5.74, 6) is 0.540. The zero-order valence-electron chi connectivity index (χ0n) is 14.5. The molecule has 1 atom stereocenters. The van der Waals surface area contributed by atoms with E-state index in [2.05, 4.69) is 51.3 Å². The predicted molar refractivity (Wildman–Crippen MR) is 110 cm³/mol. The molecule has 5 nitrogen and oxygen atoms in total. The Morgan fingerprint density at radius 3 is 2.91 bits per heavy atom. The molecule has 1 saturated heterocycles. The number of likely N-dealkylation sites (N-methyl/N-ethyl adjacent to an activating group) is 1. The normalized spacial score (nSPS) is 18.6. The van der Waals surface area contributed by atoms with E-state index >= 15 is 0 Å². The van der Waals surface area contributed by atoms with E-state index in [4.69, 9.17) is 5.73 Å². The van der Waals surface area contributed by atoms with Crippen molar-refractivity contribution >= 4 is 35.6 Å². The summed E-state index contributed by atoms with van der Waals surface area (Å²) < 4.78 is 0. The van der Waals surface area contributed by atoms with Gasteiger partial charge in [0.15, 0.2) is 5.96 Å². The van der Waals surface area contributed by atoms with Crippen LogP contribution in [0.2, 0.25) is 0 Å². The summed E-state index contributed by atoms with van der Waals surface area (Å²) in [5.41, 5.74) is 8.35. The molecule has 0 bridgehead atoms. The molecule has 0 amide bonds. The molecule has 0 spiro atoms. The second kappa shape index (κ2) is 9.97. The number of nitrogens with zero attached hydrogens (tertiary/aromatic N) is 3. The number of guanidine groups is 1. The molecule has 2 rings (SSSR count). The number of halogens is 1. The average Bonchev–Trinajstić information content (AvgIpc) is 2.98. The van der Waals surface area contributed by atoms with Crippen molar-refractivity contribution in [1.82, 2.24) is 10.2 Å². The van der Waals surface area contributed by atoms with Crippen LogP contribution in [0.5, 0.6) is 0 Å². The zero-order valence-corrected chi connectivity index (χ0v) is 16.8. The summed E-state index contributed by atoms with van der Waals surface area (Å²) in [7, 11) is 4.08. The maximum absolute atomic E-state index is 5.99. The van der Waals surface area contributed by atoms with E-state index in [1.807, 2.05) is 14.1 Å². The fraction of sp³-hybridized carbons (Fsp3) is 0.588. The molecule has 1 aromatic rings. The third-order valence-corrected chi connectivity index (χ3v) is 4.28. The van der Waals surface area contributed by atoms with Gasteiger partial charge < -0.3 is 16.0 Å². The minimum absolute atomic E-state index is 0. The van der Waals surface area contributed by atoms with Crippen LogP contribution >= 0.6 is 24.0 Å². The summed E-state index contributed by atoms with van der Waals surface area (Å²) in [5, 5.41) is 3.27. The Morgan fingerprint density at radius 1 is 1.43 bits per heavy atom. The molecule has 1 aliphatic rings. The molecule has 1 fully saturated rings. The first-order valence-corrected chi connectivity index (χ1v) is 8.14. The SMILES string of the molecule is CCN1CCCC1CNC(N)=NCc1cccc(N(C)C)c1.I. The molecule has 1 heterocycles. The van der Waals surface area contributed by atoms with Gasteiger partial charge in [-0.25, -0.2) is 4.99 Å². The van der Waals surface area contributed by atoms with Crippen molar-refractivity contribution in [2.45, 2.75) is 32.4 Å². The first kappa shape index (κ1) is 20.0.